The Hall–Kier alpha value is -1.87. The van der Waals surface area contributed by atoms with Gasteiger partial charge in [0.1, 0.15) is 10.6 Å². The predicted octanol–water partition coefficient (Wildman–Crippen LogP) is 2.10. The molecule has 0 atom stereocenters. The highest BCUT2D eigenvalue weighted by atomic mass is 32.2. The summed E-state index contributed by atoms with van der Waals surface area (Å²) in [6.45, 7) is 1.15. The highest BCUT2D eigenvalue weighted by molar-refractivity contribution is 7.89. The van der Waals surface area contributed by atoms with E-state index in [2.05, 4.69) is 10.3 Å². The van der Waals surface area contributed by atoms with Crippen LogP contribution in [0.1, 0.15) is 68.3 Å². The van der Waals surface area contributed by atoms with Crippen molar-refractivity contribution in [3.05, 3.63) is 18.0 Å². The fourth-order valence-corrected chi connectivity index (χ4v) is 5.20. The number of amides is 2. The molecule has 8 nitrogen and oxygen atoms in total. The largest absolute Gasteiger partial charge is 0.356 e. The summed E-state index contributed by atoms with van der Waals surface area (Å²) in [6.07, 6.45) is 10.8. The molecule has 1 saturated carbocycles. The third kappa shape index (κ3) is 5.60. The van der Waals surface area contributed by atoms with Crippen LogP contribution in [0.4, 0.5) is 0 Å². The van der Waals surface area contributed by atoms with Crippen LogP contribution in [0.5, 0.6) is 0 Å². The van der Waals surface area contributed by atoms with Crippen LogP contribution in [-0.2, 0) is 14.8 Å². The summed E-state index contributed by atoms with van der Waals surface area (Å²) in [5.41, 5.74) is 0.266. The molecule has 162 valence electrons. The molecule has 29 heavy (non-hydrogen) atoms. The minimum absolute atomic E-state index is 0.00243. The smallest absolute Gasteiger partial charge is 0.270 e. The number of hydrogen-bond donors (Lipinski definition) is 2. The molecule has 0 radical (unpaired) electrons. The van der Waals surface area contributed by atoms with Gasteiger partial charge in [-0.3, -0.25) is 9.59 Å². The van der Waals surface area contributed by atoms with Gasteiger partial charge in [-0.15, -0.1) is 0 Å². The Morgan fingerprint density at radius 3 is 2.38 bits per heavy atom. The van der Waals surface area contributed by atoms with Gasteiger partial charge in [-0.05, 0) is 38.2 Å². The first-order valence-electron chi connectivity index (χ1n) is 10.6. The number of carbonyl (C=O) groups is 2. The van der Waals surface area contributed by atoms with Gasteiger partial charge in [-0.1, -0.05) is 25.7 Å². The number of rotatable bonds is 6. The number of aromatic nitrogens is 1. The lowest BCUT2D eigenvalue weighted by molar-refractivity contribution is -0.121. The summed E-state index contributed by atoms with van der Waals surface area (Å²) >= 11 is 0. The van der Waals surface area contributed by atoms with Gasteiger partial charge in [0, 0.05) is 32.4 Å². The third-order valence-corrected chi connectivity index (χ3v) is 7.61. The number of piperidine rings is 1. The van der Waals surface area contributed by atoms with E-state index >= 15 is 0 Å². The summed E-state index contributed by atoms with van der Waals surface area (Å²) in [5, 5.41) is 2.97. The Balaban J connectivity index is 1.59. The Labute approximate surface area is 173 Å². The molecule has 2 amide bonds. The maximum absolute atomic E-state index is 12.8. The SMILES string of the molecule is CN(CC(=O)NC1CCCCCC1)S(=O)(=O)c1c[nH]c(C(=O)N2CCCCC2)c1. The second-order valence-corrected chi connectivity index (χ2v) is 10.2. The fourth-order valence-electron chi connectivity index (χ4n) is 4.08. The van der Waals surface area contributed by atoms with E-state index in [1.54, 1.807) is 4.90 Å². The van der Waals surface area contributed by atoms with E-state index in [1.807, 2.05) is 0 Å². The van der Waals surface area contributed by atoms with Gasteiger partial charge in [0.25, 0.3) is 5.91 Å². The summed E-state index contributed by atoms with van der Waals surface area (Å²) in [7, 11) is -2.46. The number of carbonyl (C=O) groups excluding carboxylic acids is 2. The van der Waals surface area contributed by atoms with Gasteiger partial charge in [0.15, 0.2) is 0 Å². The number of likely N-dealkylation sites (tertiary alicyclic amines) is 1. The molecular weight excluding hydrogens is 392 g/mol. The van der Waals surface area contributed by atoms with E-state index in [-0.39, 0.29) is 35.0 Å². The lowest BCUT2D eigenvalue weighted by Crippen LogP contribution is -2.42. The van der Waals surface area contributed by atoms with Crippen LogP contribution in [-0.4, -0.2) is 67.1 Å². The first kappa shape index (κ1) is 21.8. The summed E-state index contributed by atoms with van der Waals surface area (Å²) in [6, 6.07) is 1.49. The number of nitrogens with one attached hydrogen (secondary N) is 2. The van der Waals surface area contributed by atoms with Gasteiger partial charge in [-0.25, -0.2) is 8.42 Å². The minimum Gasteiger partial charge on any atom is -0.356 e. The van der Waals surface area contributed by atoms with Gasteiger partial charge >= 0.3 is 0 Å². The van der Waals surface area contributed by atoms with Crippen LogP contribution in [0, 0.1) is 0 Å². The molecule has 3 rings (SSSR count). The Bertz CT molecular complexity index is 806. The molecule has 0 aromatic carbocycles. The van der Waals surface area contributed by atoms with Crippen LogP contribution in [0.2, 0.25) is 0 Å². The van der Waals surface area contributed by atoms with Crippen molar-refractivity contribution >= 4 is 21.8 Å². The molecule has 1 aliphatic carbocycles. The maximum Gasteiger partial charge on any atom is 0.270 e. The van der Waals surface area contributed by atoms with Crippen molar-refractivity contribution in [1.29, 1.82) is 0 Å². The van der Waals surface area contributed by atoms with Crippen molar-refractivity contribution < 1.29 is 18.0 Å². The first-order valence-corrected chi connectivity index (χ1v) is 12.1. The van der Waals surface area contributed by atoms with Crippen molar-refractivity contribution in [2.75, 3.05) is 26.7 Å². The highest BCUT2D eigenvalue weighted by Gasteiger charge is 2.27. The van der Waals surface area contributed by atoms with Crippen LogP contribution in [0.25, 0.3) is 0 Å². The molecule has 1 aromatic heterocycles. The van der Waals surface area contributed by atoms with Crippen LogP contribution < -0.4 is 5.32 Å². The van der Waals surface area contributed by atoms with Gasteiger partial charge in [0.2, 0.25) is 15.9 Å². The quantitative estimate of drug-likeness (QED) is 0.683. The third-order valence-electron chi connectivity index (χ3n) is 5.82. The molecule has 0 bridgehead atoms. The van der Waals surface area contributed by atoms with Crippen molar-refractivity contribution in [2.24, 2.45) is 0 Å². The number of aromatic amines is 1. The molecular formula is C20H32N4O4S. The second-order valence-electron chi connectivity index (χ2n) is 8.12. The maximum atomic E-state index is 12.8. The standard InChI is InChI=1S/C20H32N4O4S/c1-23(15-19(25)22-16-9-5-2-3-6-10-16)29(27,28)17-13-18(21-14-17)20(26)24-11-7-4-8-12-24/h13-14,16,21H,2-12,15H2,1H3,(H,22,25). The summed E-state index contributed by atoms with van der Waals surface area (Å²) < 4.78 is 26.7. The molecule has 2 fully saturated rings. The van der Waals surface area contributed by atoms with Gasteiger partial charge < -0.3 is 15.2 Å². The molecule has 1 aliphatic heterocycles. The van der Waals surface area contributed by atoms with Crippen molar-refractivity contribution in [1.82, 2.24) is 19.5 Å². The number of likely N-dealkylation sites (N-methyl/N-ethyl adjacent to an activating group) is 1. The number of nitrogens with zero attached hydrogens (tertiary/aromatic N) is 2. The normalized spacial score (nSPS) is 19.2. The average Bonchev–Trinajstić information content (AvgIpc) is 3.08. The second kappa shape index (κ2) is 9.75. The van der Waals surface area contributed by atoms with Crippen LogP contribution in [0.3, 0.4) is 0 Å². The monoisotopic (exact) mass is 424 g/mol. The lowest BCUT2D eigenvalue weighted by atomic mass is 10.1. The molecule has 1 aromatic rings. The van der Waals surface area contributed by atoms with E-state index < -0.39 is 10.0 Å². The number of hydrogen-bond acceptors (Lipinski definition) is 4. The molecule has 2 N–H and O–H groups in total. The Morgan fingerprint density at radius 2 is 1.72 bits per heavy atom. The molecule has 2 heterocycles. The van der Waals surface area contributed by atoms with Crippen LogP contribution >= 0.6 is 0 Å². The van der Waals surface area contributed by atoms with E-state index in [4.69, 9.17) is 0 Å². The molecule has 1 saturated heterocycles. The zero-order chi connectivity index (χ0) is 20.9. The zero-order valence-electron chi connectivity index (χ0n) is 17.2. The number of sulfonamides is 1. The molecule has 0 unspecified atom stereocenters. The van der Waals surface area contributed by atoms with E-state index in [0.717, 1.165) is 49.3 Å². The topological polar surface area (TPSA) is 103 Å². The highest BCUT2D eigenvalue weighted by Crippen LogP contribution is 2.19. The van der Waals surface area contributed by atoms with Crippen LogP contribution in [0.15, 0.2) is 17.2 Å². The van der Waals surface area contributed by atoms with E-state index in [0.29, 0.717) is 13.1 Å². The lowest BCUT2D eigenvalue weighted by Gasteiger charge is -2.26. The predicted molar refractivity (Wildman–Crippen MR) is 110 cm³/mol. The van der Waals surface area contributed by atoms with Crippen molar-refractivity contribution in [2.45, 2.75) is 68.7 Å². The molecule has 2 aliphatic rings. The van der Waals surface area contributed by atoms with E-state index in [9.17, 15) is 18.0 Å². The summed E-state index contributed by atoms with van der Waals surface area (Å²) in [5.74, 6) is -0.469. The molecule has 9 heteroatoms. The zero-order valence-corrected chi connectivity index (χ0v) is 18.0. The fraction of sp³-hybridized carbons (Fsp3) is 0.700. The van der Waals surface area contributed by atoms with E-state index in [1.165, 1.54) is 32.2 Å². The Morgan fingerprint density at radius 1 is 1.10 bits per heavy atom. The first-order chi connectivity index (χ1) is 13.9. The van der Waals surface area contributed by atoms with Crippen molar-refractivity contribution in [3.8, 4) is 0 Å². The van der Waals surface area contributed by atoms with Gasteiger partial charge in [0.05, 0.1) is 6.54 Å². The van der Waals surface area contributed by atoms with Crippen molar-refractivity contribution in [3.63, 3.8) is 0 Å². The van der Waals surface area contributed by atoms with Gasteiger partial charge in [-0.2, -0.15) is 4.31 Å². The minimum atomic E-state index is -3.85. The number of H-pyrrole nitrogens is 1. The Kier molecular flexibility index (Phi) is 7.34. The summed E-state index contributed by atoms with van der Waals surface area (Å²) in [4.78, 5) is 29.4. The average molecular weight is 425 g/mol. The molecule has 0 spiro atoms.